The van der Waals surface area contributed by atoms with Gasteiger partial charge in [0.25, 0.3) is 5.56 Å². The minimum Gasteiger partial charge on any atom is -0.293 e. The van der Waals surface area contributed by atoms with Crippen molar-refractivity contribution in [1.29, 1.82) is 0 Å². The second kappa shape index (κ2) is 4.20. The molecule has 0 saturated carbocycles. The predicted molar refractivity (Wildman–Crippen MR) is 68.6 cm³/mol. The Morgan fingerprint density at radius 1 is 1.06 bits per heavy atom. The van der Waals surface area contributed by atoms with Gasteiger partial charge < -0.3 is 0 Å². The molecule has 90 valence electrons. The first-order valence-electron chi connectivity index (χ1n) is 5.84. The minimum atomic E-state index is -0.226. The fourth-order valence-electron chi connectivity index (χ4n) is 2.12. The van der Waals surface area contributed by atoms with Crippen molar-refractivity contribution in [2.75, 3.05) is 0 Å². The molecule has 1 aromatic heterocycles. The average molecular weight is 232 g/mol. The molecule has 0 aliphatic carbocycles. The molecule has 2 aromatic rings. The number of hydrogen-bond acceptors (Lipinski definition) is 2. The summed E-state index contributed by atoms with van der Waals surface area (Å²) in [6, 6.07) is 5.61. The normalized spacial score (nSPS) is 11.0. The van der Waals surface area contributed by atoms with Gasteiger partial charge in [-0.3, -0.25) is 13.9 Å². The lowest BCUT2D eigenvalue weighted by Gasteiger charge is -2.11. The summed E-state index contributed by atoms with van der Waals surface area (Å²) in [6.07, 6.45) is 0. The molecule has 0 saturated heterocycles. The molecule has 0 radical (unpaired) electrons. The smallest absolute Gasteiger partial charge is 0.293 e. The van der Waals surface area contributed by atoms with Crippen LogP contribution in [0.25, 0.3) is 10.9 Å². The number of fused-ring (bicyclic) bond motifs is 1. The van der Waals surface area contributed by atoms with Crippen LogP contribution < -0.4 is 11.2 Å². The third-order valence-electron chi connectivity index (χ3n) is 3.01. The van der Waals surface area contributed by atoms with Gasteiger partial charge >= 0.3 is 5.69 Å². The maximum atomic E-state index is 12.2. The van der Waals surface area contributed by atoms with Gasteiger partial charge in [0.05, 0.1) is 10.9 Å². The third kappa shape index (κ3) is 1.69. The van der Waals surface area contributed by atoms with E-state index in [1.54, 1.807) is 4.57 Å². The standard InChI is InChI=1S/C13H16N2O2/c1-4-14-11-7-6-9(3)8-10(11)12(16)15(5-2)13(14)17/h6-8H,4-5H2,1-3H3. The maximum absolute atomic E-state index is 12.2. The fraction of sp³-hybridized carbons (Fsp3) is 0.385. The fourth-order valence-corrected chi connectivity index (χ4v) is 2.12. The van der Waals surface area contributed by atoms with E-state index >= 15 is 0 Å². The lowest BCUT2D eigenvalue weighted by Crippen LogP contribution is -2.39. The quantitative estimate of drug-likeness (QED) is 0.787. The van der Waals surface area contributed by atoms with Gasteiger partial charge in [-0.15, -0.1) is 0 Å². The summed E-state index contributed by atoms with van der Waals surface area (Å²) in [7, 11) is 0. The van der Waals surface area contributed by atoms with Gasteiger partial charge in [-0.2, -0.15) is 0 Å². The molecule has 1 aromatic carbocycles. The van der Waals surface area contributed by atoms with Crippen LogP contribution in [-0.2, 0) is 13.1 Å². The number of nitrogens with zero attached hydrogens (tertiary/aromatic N) is 2. The van der Waals surface area contributed by atoms with Crippen molar-refractivity contribution in [3.63, 3.8) is 0 Å². The Labute approximate surface area is 99.1 Å². The molecule has 0 unspecified atom stereocenters. The van der Waals surface area contributed by atoms with E-state index in [0.717, 1.165) is 11.1 Å². The predicted octanol–water partition coefficient (Wildman–Crippen LogP) is 1.51. The minimum absolute atomic E-state index is 0.194. The number of rotatable bonds is 2. The van der Waals surface area contributed by atoms with E-state index in [2.05, 4.69) is 0 Å². The van der Waals surface area contributed by atoms with Crippen LogP contribution in [0, 0.1) is 6.92 Å². The van der Waals surface area contributed by atoms with Crippen molar-refractivity contribution in [3.8, 4) is 0 Å². The van der Waals surface area contributed by atoms with Crippen LogP contribution >= 0.6 is 0 Å². The molecule has 0 atom stereocenters. The average Bonchev–Trinajstić information content (AvgIpc) is 2.31. The van der Waals surface area contributed by atoms with Crippen molar-refractivity contribution in [1.82, 2.24) is 9.13 Å². The van der Waals surface area contributed by atoms with E-state index in [0.29, 0.717) is 18.5 Å². The largest absolute Gasteiger partial charge is 0.331 e. The summed E-state index contributed by atoms with van der Waals surface area (Å²) in [5.74, 6) is 0. The van der Waals surface area contributed by atoms with Crippen molar-refractivity contribution < 1.29 is 0 Å². The second-order valence-electron chi connectivity index (χ2n) is 4.10. The number of benzene rings is 1. The highest BCUT2D eigenvalue weighted by Gasteiger charge is 2.10. The van der Waals surface area contributed by atoms with E-state index < -0.39 is 0 Å². The molecular weight excluding hydrogens is 216 g/mol. The van der Waals surface area contributed by atoms with Gasteiger partial charge in [-0.25, -0.2) is 4.79 Å². The topological polar surface area (TPSA) is 44.0 Å². The molecule has 17 heavy (non-hydrogen) atoms. The molecule has 4 heteroatoms. The first-order chi connectivity index (χ1) is 8.10. The lowest BCUT2D eigenvalue weighted by molar-refractivity contribution is 0.609. The zero-order valence-electron chi connectivity index (χ0n) is 10.4. The summed E-state index contributed by atoms with van der Waals surface area (Å²) >= 11 is 0. The van der Waals surface area contributed by atoms with Crippen LogP contribution in [-0.4, -0.2) is 9.13 Å². The molecule has 4 nitrogen and oxygen atoms in total. The van der Waals surface area contributed by atoms with Crippen LogP contribution in [0.1, 0.15) is 19.4 Å². The molecule has 0 bridgehead atoms. The Bertz CT molecular complexity index is 680. The molecule has 0 spiro atoms. The maximum Gasteiger partial charge on any atom is 0.331 e. The highest BCUT2D eigenvalue weighted by Crippen LogP contribution is 2.10. The zero-order chi connectivity index (χ0) is 12.6. The van der Waals surface area contributed by atoms with Crippen molar-refractivity contribution in [2.24, 2.45) is 0 Å². The van der Waals surface area contributed by atoms with Crippen molar-refractivity contribution in [2.45, 2.75) is 33.9 Å². The van der Waals surface area contributed by atoms with Crippen LogP contribution in [0.3, 0.4) is 0 Å². The van der Waals surface area contributed by atoms with Crippen molar-refractivity contribution in [3.05, 3.63) is 44.6 Å². The highest BCUT2D eigenvalue weighted by molar-refractivity contribution is 5.78. The Morgan fingerprint density at radius 2 is 1.71 bits per heavy atom. The highest BCUT2D eigenvalue weighted by atomic mass is 16.2. The van der Waals surface area contributed by atoms with Crippen LogP contribution in [0.15, 0.2) is 27.8 Å². The second-order valence-corrected chi connectivity index (χ2v) is 4.10. The van der Waals surface area contributed by atoms with Crippen LogP contribution in [0.5, 0.6) is 0 Å². The molecule has 2 rings (SSSR count). The van der Waals surface area contributed by atoms with Gasteiger partial charge in [0, 0.05) is 13.1 Å². The summed E-state index contributed by atoms with van der Waals surface area (Å²) in [5.41, 5.74) is 1.33. The lowest BCUT2D eigenvalue weighted by atomic mass is 10.1. The Hall–Kier alpha value is -1.84. The van der Waals surface area contributed by atoms with E-state index in [9.17, 15) is 9.59 Å². The van der Waals surface area contributed by atoms with E-state index in [1.165, 1.54) is 4.57 Å². The number of hydrogen-bond donors (Lipinski definition) is 0. The van der Waals surface area contributed by atoms with Gasteiger partial charge in [0.2, 0.25) is 0 Å². The van der Waals surface area contributed by atoms with Crippen LogP contribution in [0.4, 0.5) is 0 Å². The van der Waals surface area contributed by atoms with Crippen LogP contribution in [0.2, 0.25) is 0 Å². The van der Waals surface area contributed by atoms with E-state index in [1.807, 2.05) is 39.0 Å². The third-order valence-corrected chi connectivity index (χ3v) is 3.01. The summed E-state index contributed by atoms with van der Waals surface area (Å²) in [4.78, 5) is 24.2. The Kier molecular flexibility index (Phi) is 2.88. The monoisotopic (exact) mass is 232 g/mol. The summed E-state index contributed by atoms with van der Waals surface area (Å²) in [5, 5.41) is 0.619. The Balaban J connectivity index is 3.06. The Morgan fingerprint density at radius 3 is 2.29 bits per heavy atom. The molecule has 0 N–H and O–H groups in total. The van der Waals surface area contributed by atoms with Crippen molar-refractivity contribution >= 4 is 10.9 Å². The van der Waals surface area contributed by atoms with Gasteiger partial charge in [0.1, 0.15) is 0 Å². The number of aromatic nitrogens is 2. The van der Waals surface area contributed by atoms with E-state index in [4.69, 9.17) is 0 Å². The SMILES string of the molecule is CCn1c(=O)c2cc(C)ccc2n(CC)c1=O. The van der Waals surface area contributed by atoms with Gasteiger partial charge in [-0.05, 0) is 32.9 Å². The first kappa shape index (κ1) is 11.6. The number of aryl methyl sites for hydroxylation is 2. The summed E-state index contributed by atoms with van der Waals surface area (Å²) in [6.45, 7) is 6.63. The molecule has 0 aliphatic heterocycles. The van der Waals surface area contributed by atoms with E-state index in [-0.39, 0.29) is 11.2 Å². The molecule has 0 aliphatic rings. The van der Waals surface area contributed by atoms with Gasteiger partial charge in [-0.1, -0.05) is 11.6 Å². The first-order valence-corrected chi connectivity index (χ1v) is 5.84. The summed E-state index contributed by atoms with van der Waals surface area (Å²) < 4.78 is 2.92. The van der Waals surface area contributed by atoms with Gasteiger partial charge in [0.15, 0.2) is 0 Å². The molecular formula is C13H16N2O2. The zero-order valence-corrected chi connectivity index (χ0v) is 10.4. The molecule has 0 amide bonds. The molecule has 0 fully saturated rings. The molecule has 1 heterocycles.